The largest absolute Gasteiger partial charge is 0.366 e. The highest BCUT2D eigenvalue weighted by molar-refractivity contribution is 7.90. The van der Waals surface area contributed by atoms with Gasteiger partial charge in [-0.3, -0.25) is 0 Å². The molecule has 1 aromatic rings. The second-order valence-electron chi connectivity index (χ2n) is 4.60. The molecule has 0 aromatic carbocycles. The number of sulfone groups is 1. The van der Waals surface area contributed by atoms with Crippen molar-refractivity contribution >= 4 is 21.5 Å². The topological polar surface area (TPSA) is 110 Å². The molecule has 0 amide bonds. The van der Waals surface area contributed by atoms with Gasteiger partial charge in [0.1, 0.15) is 27.3 Å². The van der Waals surface area contributed by atoms with E-state index in [2.05, 4.69) is 20.7 Å². The molecule has 0 aliphatic rings. The Balaban J connectivity index is 3.00. The van der Waals surface area contributed by atoms with E-state index in [1.165, 1.54) is 6.26 Å². The van der Waals surface area contributed by atoms with Crippen LogP contribution in [0.15, 0.2) is 0 Å². The third-order valence-corrected chi connectivity index (χ3v) is 3.69. The predicted octanol–water partition coefficient (Wildman–Crippen LogP) is 0.478. The zero-order chi connectivity index (χ0) is 14.6. The fourth-order valence-corrected chi connectivity index (χ4v) is 2.72. The summed E-state index contributed by atoms with van der Waals surface area (Å²) in [5, 5.41) is 3.09. The smallest absolute Gasteiger partial charge is 0.149 e. The Bertz CT molecular complexity index is 544. The van der Waals surface area contributed by atoms with Crippen LogP contribution in [-0.4, -0.2) is 36.4 Å². The van der Waals surface area contributed by atoms with Gasteiger partial charge in [0.25, 0.3) is 0 Å². The first-order chi connectivity index (χ1) is 8.76. The van der Waals surface area contributed by atoms with Crippen LogP contribution in [0.5, 0.6) is 0 Å². The van der Waals surface area contributed by atoms with Crippen LogP contribution >= 0.6 is 0 Å². The van der Waals surface area contributed by atoms with Crippen molar-refractivity contribution in [2.24, 2.45) is 5.84 Å². The molecule has 0 fully saturated rings. The number of anilines is 2. The van der Waals surface area contributed by atoms with Gasteiger partial charge in [-0.15, -0.1) is 0 Å². The van der Waals surface area contributed by atoms with Crippen molar-refractivity contribution in [1.29, 1.82) is 0 Å². The molecule has 1 atom stereocenters. The lowest BCUT2D eigenvalue weighted by Gasteiger charge is -2.17. The Kier molecular flexibility index (Phi) is 5.07. The molecule has 0 radical (unpaired) electrons. The minimum atomic E-state index is -3.03. The number of hydrogen-bond donors (Lipinski definition) is 3. The van der Waals surface area contributed by atoms with Crippen LogP contribution < -0.4 is 16.6 Å². The number of hydrazine groups is 1. The van der Waals surface area contributed by atoms with E-state index in [0.29, 0.717) is 23.9 Å². The molecule has 7 nitrogen and oxygen atoms in total. The van der Waals surface area contributed by atoms with Gasteiger partial charge in [0.05, 0.1) is 5.75 Å². The van der Waals surface area contributed by atoms with Crippen molar-refractivity contribution < 1.29 is 8.42 Å². The fourth-order valence-electron chi connectivity index (χ4n) is 1.73. The summed E-state index contributed by atoms with van der Waals surface area (Å²) in [6.07, 6.45) is 1.88. The maximum absolute atomic E-state index is 11.3. The molecule has 0 aliphatic heterocycles. The van der Waals surface area contributed by atoms with Crippen molar-refractivity contribution in [2.75, 3.05) is 22.8 Å². The SMILES string of the molecule is CCc1nc(NN)c(C)c(NC(C)CS(C)(=O)=O)n1. The normalized spacial score (nSPS) is 13.1. The zero-order valence-electron chi connectivity index (χ0n) is 11.7. The van der Waals surface area contributed by atoms with Crippen LogP contribution in [0.2, 0.25) is 0 Å². The summed E-state index contributed by atoms with van der Waals surface area (Å²) in [6, 6.07) is -0.237. The first kappa shape index (κ1) is 15.6. The molecule has 0 saturated heterocycles. The molecule has 0 saturated carbocycles. The van der Waals surface area contributed by atoms with Gasteiger partial charge >= 0.3 is 0 Å². The highest BCUT2D eigenvalue weighted by atomic mass is 32.2. The number of aryl methyl sites for hydroxylation is 1. The van der Waals surface area contributed by atoms with Gasteiger partial charge < -0.3 is 10.7 Å². The van der Waals surface area contributed by atoms with Gasteiger partial charge in [0.2, 0.25) is 0 Å². The number of aromatic nitrogens is 2. The molecular weight excluding hydrogens is 266 g/mol. The monoisotopic (exact) mass is 287 g/mol. The van der Waals surface area contributed by atoms with E-state index in [1.807, 2.05) is 13.8 Å². The molecule has 0 aliphatic carbocycles. The highest BCUT2D eigenvalue weighted by Crippen LogP contribution is 2.20. The Labute approximate surface area is 113 Å². The quantitative estimate of drug-likeness (QED) is 0.515. The summed E-state index contributed by atoms with van der Waals surface area (Å²) in [5.74, 6) is 7.25. The summed E-state index contributed by atoms with van der Waals surface area (Å²) in [6.45, 7) is 5.56. The predicted molar refractivity (Wildman–Crippen MR) is 76.8 cm³/mol. The van der Waals surface area contributed by atoms with Gasteiger partial charge in [-0.1, -0.05) is 6.92 Å². The Hall–Kier alpha value is -1.41. The van der Waals surface area contributed by atoms with E-state index in [-0.39, 0.29) is 11.8 Å². The summed E-state index contributed by atoms with van der Waals surface area (Å²) < 4.78 is 22.5. The molecule has 1 aromatic heterocycles. The van der Waals surface area contributed by atoms with Crippen molar-refractivity contribution in [3.05, 3.63) is 11.4 Å². The third-order valence-electron chi connectivity index (χ3n) is 2.58. The van der Waals surface area contributed by atoms with Crippen LogP contribution in [-0.2, 0) is 16.3 Å². The van der Waals surface area contributed by atoms with Gasteiger partial charge in [-0.25, -0.2) is 24.2 Å². The maximum Gasteiger partial charge on any atom is 0.149 e. The van der Waals surface area contributed by atoms with E-state index in [9.17, 15) is 8.42 Å². The lowest BCUT2D eigenvalue weighted by molar-refractivity contribution is 0.598. The second kappa shape index (κ2) is 6.16. The number of hydrogen-bond acceptors (Lipinski definition) is 7. The number of nitrogens with two attached hydrogens (primary N) is 1. The molecular formula is C11H21N5O2S. The summed E-state index contributed by atoms with van der Waals surface area (Å²) in [5.41, 5.74) is 3.29. The Morgan fingerprint density at radius 3 is 2.37 bits per heavy atom. The van der Waals surface area contributed by atoms with E-state index in [1.54, 1.807) is 6.92 Å². The lowest BCUT2D eigenvalue weighted by atomic mass is 10.2. The van der Waals surface area contributed by atoms with E-state index in [0.717, 1.165) is 5.56 Å². The molecule has 4 N–H and O–H groups in total. The third kappa shape index (κ3) is 4.64. The van der Waals surface area contributed by atoms with Gasteiger partial charge in [0, 0.05) is 24.3 Å². The summed E-state index contributed by atoms with van der Waals surface area (Å²) in [7, 11) is -3.03. The maximum atomic E-state index is 11.3. The number of nitrogens with one attached hydrogen (secondary N) is 2. The van der Waals surface area contributed by atoms with Gasteiger partial charge in [0.15, 0.2) is 0 Å². The summed E-state index contributed by atoms with van der Waals surface area (Å²) >= 11 is 0. The molecule has 1 rings (SSSR count). The summed E-state index contributed by atoms with van der Waals surface area (Å²) in [4.78, 5) is 8.60. The van der Waals surface area contributed by atoms with Crippen molar-refractivity contribution in [3.8, 4) is 0 Å². The molecule has 8 heteroatoms. The first-order valence-electron chi connectivity index (χ1n) is 6.05. The average molecular weight is 287 g/mol. The van der Waals surface area contributed by atoms with Crippen LogP contribution in [0.4, 0.5) is 11.6 Å². The van der Waals surface area contributed by atoms with Crippen molar-refractivity contribution in [3.63, 3.8) is 0 Å². The number of nitrogen functional groups attached to an aromatic ring is 1. The fraction of sp³-hybridized carbons (Fsp3) is 0.636. The van der Waals surface area contributed by atoms with E-state index >= 15 is 0 Å². The first-order valence-corrected chi connectivity index (χ1v) is 8.11. The minimum Gasteiger partial charge on any atom is -0.366 e. The Morgan fingerprint density at radius 2 is 1.89 bits per heavy atom. The van der Waals surface area contributed by atoms with Gasteiger partial charge in [-0.05, 0) is 13.8 Å². The Morgan fingerprint density at radius 1 is 1.32 bits per heavy atom. The van der Waals surface area contributed by atoms with E-state index in [4.69, 9.17) is 5.84 Å². The molecule has 0 spiro atoms. The van der Waals surface area contributed by atoms with Crippen molar-refractivity contribution in [2.45, 2.75) is 33.2 Å². The number of rotatable bonds is 6. The molecule has 1 unspecified atom stereocenters. The average Bonchev–Trinajstić information content (AvgIpc) is 2.29. The van der Waals surface area contributed by atoms with Gasteiger partial charge in [-0.2, -0.15) is 0 Å². The standard InChI is InChI=1S/C11H21N5O2S/c1-5-9-14-10(8(3)11(15-9)16-12)13-7(2)6-19(4,17)18/h7H,5-6,12H2,1-4H3,(H2,13,14,15,16). The highest BCUT2D eigenvalue weighted by Gasteiger charge is 2.14. The van der Waals surface area contributed by atoms with Crippen LogP contribution in [0.1, 0.15) is 25.2 Å². The lowest BCUT2D eigenvalue weighted by Crippen LogP contribution is -2.26. The van der Waals surface area contributed by atoms with E-state index < -0.39 is 9.84 Å². The minimum absolute atomic E-state index is 0.0449. The zero-order valence-corrected chi connectivity index (χ0v) is 12.5. The van der Waals surface area contributed by atoms with Crippen LogP contribution in [0.25, 0.3) is 0 Å². The second-order valence-corrected chi connectivity index (χ2v) is 6.78. The number of nitrogens with zero attached hydrogens (tertiary/aromatic N) is 2. The molecule has 108 valence electrons. The van der Waals surface area contributed by atoms with Crippen molar-refractivity contribution in [1.82, 2.24) is 9.97 Å². The molecule has 0 bridgehead atoms. The van der Waals surface area contributed by atoms with Crippen LogP contribution in [0, 0.1) is 6.92 Å². The van der Waals surface area contributed by atoms with Crippen LogP contribution in [0.3, 0.4) is 0 Å². The molecule has 1 heterocycles. The molecule has 19 heavy (non-hydrogen) atoms.